The van der Waals surface area contributed by atoms with E-state index in [1.807, 2.05) is 0 Å². The van der Waals surface area contributed by atoms with Crippen LogP contribution in [-0.2, 0) is 4.74 Å². The number of aliphatic imine (C=N–C) groups is 1. The maximum Gasteiger partial charge on any atom is 0.193 e. The number of likely N-dealkylation sites (tertiary alicyclic amines) is 1. The molecule has 132 valence electrons. The summed E-state index contributed by atoms with van der Waals surface area (Å²) in [5.74, 6) is 2.16. The number of hydrogen-bond donors (Lipinski definition) is 1. The van der Waals surface area contributed by atoms with Crippen LogP contribution >= 0.6 is 0 Å². The van der Waals surface area contributed by atoms with Gasteiger partial charge in [0.05, 0.1) is 6.61 Å². The van der Waals surface area contributed by atoms with Gasteiger partial charge in [-0.05, 0) is 32.1 Å². The first-order valence-electron chi connectivity index (χ1n) is 9.92. The summed E-state index contributed by atoms with van der Waals surface area (Å²) in [5, 5.41) is 3.50. The summed E-state index contributed by atoms with van der Waals surface area (Å²) in [4.78, 5) is 7.37. The van der Waals surface area contributed by atoms with Gasteiger partial charge in [-0.25, -0.2) is 0 Å². The van der Waals surface area contributed by atoms with E-state index in [-0.39, 0.29) is 0 Å². The van der Waals surface area contributed by atoms with Crippen LogP contribution in [0.5, 0.6) is 0 Å². The predicted molar refractivity (Wildman–Crippen MR) is 95.8 cm³/mol. The quantitative estimate of drug-likeness (QED) is 0.463. The maximum atomic E-state index is 5.65. The van der Waals surface area contributed by atoms with Crippen molar-refractivity contribution >= 4 is 5.96 Å². The van der Waals surface area contributed by atoms with Gasteiger partial charge in [0, 0.05) is 38.2 Å². The molecule has 1 N–H and O–H groups in total. The van der Waals surface area contributed by atoms with E-state index in [4.69, 9.17) is 9.73 Å². The van der Waals surface area contributed by atoms with E-state index in [9.17, 15) is 0 Å². The molecule has 3 aliphatic rings. The van der Waals surface area contributed by atoms with E-state index in [0.29, 0.717) is 5.41 Å². The average molecular weight is 322 g/mol. The minimum Gasteiger partial charge on any atom is -0.381 e. The molecule has 2 heterocycles. The second-order valence-corrected chi connectivity index (χ2v) is 7.86. The van der Waals surface area contributed by atoms with Crippen molar-refractivity contribution < 1.29 is 4.74 Å². The fraction of sp³-hybridized carbons (Fsp3) is 0.947. The summed E-state index contributed by atoms with van der Waals surface area (Å²) in [6, 6.07) is 0. The van der Waals surface area contributed by atoms with Gasteiger partial charge in [0.15, 0.2) is 5.96 Å². The lowest BCUT2D eigenvalue weighted by atomic mass is 9.87. The zero-order chi connectivity index (χ0) is 16.0. The minimum absolute atomic E-state index is 0.415. The summed E-state index contributed by atoms with van der Waals surface area (Å²) >= 11 is 0. The Labute approximate surface area is 142 Å². The molecule has 1 unspecified atom stereocenters. The molecule has 2 aliphatic heterocycles. The van der Waals surface area contributed by atoms with E-state index < -0.39 is 0 Å². The SMILES string of the molecule is CCNC(=NCCCCC1CCCC1)N1CCC2(CCOC2)C1. The smallest absolute Gasteiger partial charge is 0.193 e. The Bertz CT molecular complexity index is 384. The molecule has 1 atom stereocenters. The van der Waals surface area contributed by atoms with E-state index in [1.54, 1.807) is 0 Å². The third-order valence-corrected chi connectivity index (χ3v) is 6.01. The van der Waals surface area contributed by atoms with Crippen LogP contribution in [0.15, 0.2) is 4.99 Å². The molecule has 1 aliphatic carbocycles. The second kappa shape index (κ2) is 8.36. The summed E-state index contributed by atoms with van der Waals surface area (Å²) in [7, 11) is 0. The Kier molecular flexibility index (Phi) is 6.21. The highest BCUT2D eigenvalue weighted by Crippen LogP contribution is 2.38. The Morgan fingerprint density at radius 2 is 2.13 bits per heavy atom. The Balaban J connectivity index is 1.42. The number of ether oxygens (including phenoxy) is 1. The molecule has 23 heavy (non-hydrogen) atoms. The van der Waals surface area contributed by atoms with Crippen LogP contribution in [0.2, 0.25) is 0 Å². The van der Waals surface area contributed by atoms with Crippen molar-refractivity contribution in [3.63, 3.8) is 0 Å². The van der Waals surface area contributed by atoms with Crippen LogP contribution < -0.4 is 5.32 Å². The third kappa shape index (κ3) is 4.62. The highest BCUT2D eigenvalue weighted by molar-refractivity contribution is 5.80. The molecule has 4 heteroatoms. The molecule has 3 fully saturated rings. The largest absolute Gasteiger partial charge is 0.381 e. The number of nitrogens with one attached hydrogen (secondary N) is 1. The van der Waals surface area contributed by atoms with Crippen molar-refractivity contribution in [2.45, 2.75) is 64.7 Å². The molecule has 1 saturated carbocycles. The van der Waals surface area contributed by atoms with Crippen molar-refractivity contribution in [3.05, 3.63) is 0 Å². The topological polar surface area (TPSA) is 36.9 Å². The van der Waals surface area contributed by atoms with Crippen molar-refractivity contribution in [2.24, 2.45) is 16.3 Å². The van der Waals surface area contributed by atoms with Gasteiger partial charge in [-0.1, -0.05) is 38.5 Å². The maximum absolute atomic E-state index is 5.65. The minimum atomic E-state index is 0.415. The van der Waals surface area contributed by atoms with Crippen LogP contribution in [0.25, 0.3) is 0 Å². The van der Waals surface area contributed by atoms with E-state index in [2.05, 4.69) is 17.1 Å². The lowest BCUT2D eigenvalue weighted by Gasteiger charge is -2.25. The molecule has 0 radical (unpaired) electrons. The predicted octanol–water partition coefficient (Wildman–Crippen LogP) is 3.42. The molecular weight excluding hydrogens is 286 g/mol. The standard InChI is InChI=1S/C19H35N3O/c1-2-20-18(21-12-6-5-9-17-7-3-4-8-17)22-13-10-19(15-22)11-14-23-16-19/h17H,2-16H2,1H3,(H,20,21). The first-order chi connectivity index (χ1) is 11.3. The van der Waals surface area contributed by atoms with Gasteiger partial charge in [0.2, 0.25) is 0 Å². The van der Waals surface area contributed by atoms with Gasteiger partial charge in [-0.15, -0.1) is 0 Å². The molecule has 2 saturated heterocycles. The lowest BCUT2D eigenvalue weighted by Crippen LogP contribution is -2.41. The second-order valence-electron chi connectivity index (χ2n) is 7.86. The highest BCUT2D eigenvalue weighted by atomic mass is 16.5. The zero-order valence-corrected chi connectivity index (χ0v) is 15.0. The first-order valence-corrected chi connectivity index (χ1v) is 9.92. The molecule has 1 spiro atoms. The zero-order valence-electron chi connectivity index (χ0n) is 15.0. The highest BCUT2D eigenvalue weighted by Gasteiger charge is 2.42. The number of unbranched alkanes of at least 4 members (excludes halogenated alkanes) is 1. The van der Waals surface area contributed by atoms with Crippen LogP contribution in [-0.4, -0.2) is 50.3 Å². The lowest BCUT2D eigenvalue weighted by molar-refractivity contribution is 0.156. The van der Waals surface area contributed by atoms with E-state index in [0.717, 1.165) is 51.3 Å². The molecule has 0 aromatic rings. The summed E-state index contributed by atoms with van der Waals surface area (Å²) in [5.41, 5.74) is 0.415. The van der Waals surface area contributed by atoms with E-state index >= 15 is 0 Å². The van der Waals surface area contributed by atoms with Crippen molar-refractivity contribution in [1.82, 2.24) is 10.2 Å². The summed E-state index contributed by atoms with van der Waals surface area (Å²) in [6.07, 6.45) is 12.4. The Morgan fingerprint density at radius 1 is 1.26 bits per heavy atom. The summed E-state index contributed by atoms with van der Waals surface area (Å²) in [6.45, 7) is 8.27. The number of guanidine groups is 1. The van der Waals surface area contributed by atoms with Gasteiger partial charge in [0.1, 0.15) is 0 Å². The van der Waals surface area contributed by atoms with Gasteiger partial charge < -0.3 is 15.0 Å². The van der Waals surface area contributed by atoms with E-state index in [1.165, 1.54) is 57.8 Å². The Morgan fingerprint density at radius 3 is 2.87 bits per heavy atom. The van der Waals surface area contributed by atoms with Gasteiger partial charge >= 0.3 is 0 Å². The first kappa shape index (κ1) is 17.1. The Hall–Kier alpha value is -0.770. The average Bonchev–Trinajstić information content (AvgIpc) is 3.30. The van der Waals surface area contributed by atoms with Crippen molar-refractivity contribution in [3.8, 4) is 0 Å². The van der Waals surface area contributed by atoms with Gasteiger partial charge in [-0.3, -0.25) is 4.99 Å². The van der Waals surface area contributed by atoms with Crippen LogP contribution in [0.1, 0.15) is 64.7 Å². The molecule has 0 aromatic heterocycles. The molecule has 0 bridgehead atoms. The number of nitrogens with zero attached hydrogens (tertiary/aromatic N) is 2. The monoisotopic (exact) mass is 321 g/mol. The number of hydrogen-bond acceptors (Lipinski definition) is 2. The van der Waals surface area contributed by atoms with Gasteiger partial charge in [-0.2, -0.15) is 0 Å². The molecule has 0 amide bonds. The van der Waals surface area contributed by atoms with Crippen LogP contribution in [0.4, 0.5) is 0 Å². The molecule has 4 nitrogen and oxygen atoms in total. The third-order valence-electron chi connectivity index (χ3n) is 6.01. The normalized spacial score (nSPS) is 29.1. The summed E-state index contributed by atoms with van der Waals surface area (Å²) < 4.78 is 5.65. The molecular formula is C19H35N3O. The van der Waals surface area contributed by atoms with Crippen LogP contribution in [0.3, 0.4) is 0 Å². The van der Waals surface area contributed by atoms with Crippen molar-refractivity contribution in [1.29, 1.82) is 0 Å². The van der Waals surface area contributed by atoms with Crippen LogP contribution in [0, 0.1) is 11.3 Å². The fourth-order valence-electron chi connectivity index (χ4n) is 4.54. The van der Waals surface area contributed by atoms with Crippen molar-refractivity contribution in [2.75, 3.05) is 39.4 Å². The number of rotatable bonds is 6. The van der Waals surface area contributed by atoms with Gasteiger partial charge in [0.25, 0.3) is 0 Å². The molecule has 3 rings (SSSR count). The fourth-order valence-corrected chi connectivity index (χ4v) is 4.54. The molecule has 0 aromatic carbocycles.